The second kappa shape index (κ2) is 10.6. The molecule has 0 saturated heterocycles. The first-order chi connectivity index (χ1) is 13.1. The van der Waals surface area contributed by atoms with E-state index in [2.05, 4.69) is 15.8 Å². The van der Waals surface area contributed by atoms with E-state index in [1.165, 1.54) is 12.3 Å². The molecule has 0 spiro atoms. The number of carbonyl (C=O) groups excluding carboxylic acids is 2. The van der Waals surface area contributed by atoms with Crippen LogP contribution in [0, 0.1) is 0 Å². The second-order valence-corrected chi connectivity index (χ2v) is 5.72. The molecule has 0 aliphatic carbocycles. The van der Waals surface area contributed by atoms with Crippen molar-refractivity contribution in [2.45, 2.75) is 26.3 Å². The van der Waals surface area contributed by atoms with Gasteiger partial charge in [-0.25, -0.2) is 5.43 Å². The molecule has 2 rings (SSSR count). The van der Waals surface area contributed by atoms with Gasteiger partial charge < -0.3 is 15.2 Å². The van der Waals surface area contributed by atoms with Crippen molar-refractivity contribution in [2.24, 2.45) is 5.10 Å². The fourth-order valence-electron chi connectivity index (χ4n) is 2.23. The van der Waals surface area contributed by atoms with Crippen LogP contribution < -0.4 is 15.5 Å². The third-order valence-corrected chi connectivity index (χ3v) is 3.60. The number of nitrogens with one attached hydrogen (secondary N) is 2. The molecule has 7 nitrogen and oxygen atoms in total. The first-order valence-corrected chi connectivity index (χ1v) is 8.67. The smallest absolute Gasteiger partial charge is 0.240 e. The number of aromatic hydroxyl groups is 1. The number of ether oxygens (including phenoxy) is 1. The maximum Gasteiger partial charge on any atom is 0.240 e. The van der Waals surface area contributed by atoms with Gasteiger partial charge in [-0.15, -0.1) is 0 Å². The van der Waals surface area contributed by atoms with E-state index in [-0.39, 0.29) is 30.4 Å². The second-order valence-electron chi connectivity index (χ2n) is 5.72. The molecule has 7 heteroatoms. The number of carbonyl (C=O) groups is 2. The number of phenolic OH excluding ortho intramolecular Hbond substituents is 1. The largest absolute Gasteiger partial charge is 0.504 e. The van der Waals surface area contributed by atoms with E-state index in [4.69, 9.17) is 4.74 Å². The highest BCUT2D eigenvalue weighted by atomic mass is 16.5. The zero-order chi connectivity index (χ0) is 19.5. The van der Waals surface area contributed by atoms with Crippen molar-refractivity contribution in [1.82, 2.24) is 10.7 Å². The van der Waals surface area contributed by atoms with Crippen molar-refractivity contribution in [2.75, 3.05) is 6.61 Å². The summed E-state index contributed by atoms with van der Waals surface area (Å²) in [6.07, 6.45) is 1.56. The van der Waals surface area contributed by atoms with Crippen molar-refractivity contribution in [1.29, 1.82) is 0 Å². The van der Waals surface area contributed by atoms with Gasteiger partial charge >= 0.3 is 0 Å². The minimum absolute atomic E-state index is 0.0394. The third kappa shape index (κ3) is 7.19. The fourth-order valence-corrected chi connectivity index (χ4v) is 2.23. The minimum atomic E-state index is -0.357. The zero-order valence-corrected chi connectivity index (χ0v) is 15.1. The Morgan fingerprint density at radius 1 is 1.11 bits per heavy atom. The SMILES string of the molecule is CCOc1cc(/C=N/NC(=O)CCC(=O)NCc2ccccc2)ccc1O. The standard InChI is InChI=1S/C20H23N3O4/c1-2-27-18-12-16(8-9-17(18)24)14-22-23-20(26)11-10-19(25)21-13-15-6-4-3-5-7-15/h3-9,12,14,24H,2,10-11,13H2,1H3,(H,21,25)(H,23,26)/b22-14+. The van der Waals surface area contributed by atoms with Gasteiger partial charge in [-0.2, -0.15) is 5.10 Å². The number of rotatable bonds is 9. The molecule has 0 radical (unpaired) electrons. The molecule has 2 aromatic carbocycles. The molecule has 0 atom stereocenters. The number of phenols is 1. The summed E-state index contributed by atoms with van der Waals surface area (Å²) in [5.74, 6) is -0.162. The molecule has 0 saturated carbocycles. The van der Waals surface area contributed by atoms with E-state index in [1.54, 1.807) is 12.1 Å². The van der Waals surface area contributed by atoms with Crippen LogP contribution in [0.2, 0.25) is 0 Å². The average molecular weight is 369 g/mol. The summed E-state index contributed by atoms with van der Waals surface area (Å²) < 4.78 is 5.28. The summed E-state index contributed by atoms with van der Waals surface area (Å²) in [4.78, 5) is 23.5. The van der Waals surface area contributed by atoms with Gasteiger partial charge in [0.05, 0.1) is 12.8 Å². The van der Waals surface area contributed by atoms with Crippen molar-refractivity contribution < 1.29 is 19.4 Å². The van der Waals surface area contributed by atoms with Crippen molar-refractivity contribution in [3.63, 3.8) is 0 Å². The molecule has 0 aromatic heterocycles. The molecular formula is C20H23N3O4. The normalized spacial score (nSPS) is 10.6. The monoisotopic (exact) mass is 369 g/mol. The molecule has 0 aliphatic heterocycles. The summed E-state index contributed by atoms with van der Waals surface area (Å²) in [5.41, 5.74) is 4.04. The lowest BCUT2D eigenvalue weighted by atomic mass is 10.2. The Hall–Kier alpha value is -3.35. The molecule has 0 aliphatic rings. The number of hydrogen-bond donors (Lipinski definition) is 3. The number of nitrogens with zero attached hydrogens (tertiary/aromatic N) is 1. The summed E-state index contributed by atoms with van der Waals surface area (Å²) in [7, 11) is 0. The average Bonchev–Trinajstić information content (AvgIpc) is 2.68. The van der Waals surface area contributed by atoms with Crippen molar-refractivity contribution in [3.05, 3.63) is 59.7 Å². The van der Waals surface area contributed by atoms with Gasteiger partial charge in [-0.3, -0.25) is 9.59 Å². The Morgan fingerprint density at radius 2 is 1.85 bits per heavy atom. The predicted octanol–water partition coefficient (Wildman–Crippen LogP) is 2.34. The van der Waals surface area contributed by atoms with E-state index >= 15 is 0 Å². The van der Waals surface area contributed by atoms with Gasteiger partial charge in [-0.1, -0.05) is 30.3 Å². The Kier molecular flexibility index (Phi) is 7.84. The molecule has 0 fully saturated rings. The Labute approximate surface area is 158 Å². The van der Waals surface area contributed by atoms with E-state index in [9.17, 15) is 14.7 Å². The highest BCUT2D eigenvalue weighted by molar-refractivity contribution is 5.85. The van der Waals surface area contributed by atoms with Crippen LogP contribution in [0.15, 0.2) is 53.6 Å². The molecule has 0 unspecified atom stereocenters. The topological polar surface area (TPSA) is 100 Å². The molecule has 0 heterocycles. The van der Waals surface area contributed by atoms with Crippen LogP contribution in [0.3, 0.4) is 0 Å². The molecule has 142 valence electrons. The van der Waals surface area contributed by atoms with E-state index in [0.29, 0.717) is 24.5 Å². The van der Waals surface area contributed by atoms with Crippen LogP contribution in [0.5, 0.6) is 11.5 Å². The summed E-state index contributed by atoms with van der Waals surface area (Å²) in [6.45, 7) is 2.68. The van der Waals surface area contributed by atoms with Crippen molar-refractivity contribution >= 4 is 18.0 Å². The number of amides is 2. The van der Waals surface area contributed by atoms with Gasteiger partial charge in [0.15, 0.2) is 11.5 Å². The maximum atomic E-state index is 11.8. The summed E-state index contributed by atoms with van der Waals surface area (Å²) in [5, 5.41) is 16.3. The highest BCUT2D eigenvalue weighted by Crippen LogP contribution is 2.26. The lowest BCUT2D eigenvalue weighted by Crippen LogP contribution is -2.25. The summed E-state index contributed by atoms with van der Waals surface area (Å²) >= 11 is 0. The molecular weight excluding hydrogens is 346 g/mol. The Morgan fingerprint density at radius 3 is 2.59 bits per heavy atom. The lowest BCUT2D eigenvalue weighted by Gasteiger charge is -2.06. The Bertz CT molecular complexity index is 791. The minimum Gasteiger partial charge on any atom is -0.504 e. The van der Waals surface area contributed by atoms with Crippen LogP contribution in [-0.2, 0) is 16.1 Å². The third-order valence-electron chi connectivity index (χ3n) is 3.60. The maximum absolute atomic E-state index is 11.8. The van der Waals surface area contributed by atoms with E-state index in [0.717, 1.165) is 5.56 Å². The van der Waals surface area contributed by atoms with E-state index in [1.807, 2.05) is 37.3 Å². The predicted molar refractivity (Wildman–Crippen MR) is 103 cm³/mol. The quantitative estimate of drug-likeness (QED) is 0.466. The lowest BCUT2D eigenvalue weighted by molar-refractivity contribution is -0.126. The van der Waals surface area contributed by atoms with Crippen LogP contribution in [0.4, 0.5) is 0 Å². The number of benzene rings is 2. The van der Waals surface area contributed by atoms with Gasteiger partial charge in [0.25, 0.3) is 0 Å². The number of hydrazone groups is 1. The Balaban J connectivity index is 1.71. The van der Waals surface area contributed by atoms with Gasteiger partial charge in [0, 0.05) is 19.4 Å². The van der Waals surface area contributed by atoms with Gasteiger partial charge in [0.2, 0.25) is 11.8 Å². The van der Waals surface area contributed by atoms with Gasteiger partial charge in [-0.05, 0) is 36.2 Å². The summed E-state index contributed by atoms with van der Waals surface area (Å²) in [6, 6.07) is 14.3. The molecule has 2 amide bonds. The van der Waals surface area contributed by atoms with E-state index < -0.39 is 0 Å². The van der Waals surface area contributed by atoms with Crippen LogP contribution in [0.1, 0.15) is 30.9 Å². The molecule has 0 bridgehead atoms. The van der Waals surface area contributed by atoms with Crippen LogP contribution >= 0.6 is 0 Å². The fraction of sp³-hybridized carbons (Fsp3) is 0.250. The van der Waals surface area contributed by atoms with Gasteiger partial charge in [0.1, 0.15) is 0 Å². The zero-order valence-electron chi connectivity index (χ0n) is 15.1. The number of hydrogen-bond acceptors (Lipinski definition) is 5. The molecule has 3 N–H and O–H groups in total. The van der Waals surface area contributed by atoms with Crippen LogP contribution in [-0.4, -0.2) is 29.7 Å². The first kappa shape index (κ1) is 20.0. The van der Waals surface area contributed by atoms with Crippen LogP contribution in [0.25, 0.3) is 0 Å². The first-order valence-electron chi connectivity index (χ1n) is 8.67. The highest BCUT2D eigenvalue weighted by Gasteiger charge is 2.06. The van der Waals surface area contributed by atoms with Crippen molar-refractivity contribution in [3.8, 4) is 11.5 Å². The molecule has 2 aromatic rings. The molecule has 27 heavy (non-hydrogen) atoms.